The van der Waals surface area contributed by atoms with Crippen LogP contribution >= 0.6 is 11.6 Å². The third kappa shape index (κ3) is 4.29. The van der Waals surface area contributed by atoms with E-state index in [-0.39, 0.29) is 6.04 Å². The zero-order valence-electron chi connectivity index (χ0n) is 11.7. The molecule has 18 heavy (non-hydrogen) atoms. The monoisotopic (exact) mass is 272 g/mol. The van der Waals surface area contributed by atoms with Crippen molar-refractivity contribution in [2.75, 3.05) is 0 Å². The van der Waals surface area contributed by atoms with Crippen molar-refractivity contribution in [3.05, 3.63) is 16.9 Å². The summed E-state index contributed by atoms with van der Waals surface area (Å²) in [7, 11) is 0. The van der Waals surface area contributed by atoms with Gasteiger partial charge >= 0.3 is 0 Å². The number of halogens is 1. The molecule has 0 spiro atoms. The van der Waals surface area contributed by atoms with Crippen LogP contribution < -0.4 is 0 Å². The van der Waals surface area contributed by atoms with Gasteiger partial charge in [-0.25, -0.2) is 0 Å². The molecule has 0 saturated heterocycles. The van der Waals surface area contributed by atoms with Gasteiger partial charge in [0.05, 0.1) is 23.0 Å². The molecule has 1 aromatic heterocycles. The maximum atomic E-state index is 10.2. The molecular weight excluding hydrogens is 248 g/mol. The first-order chi connectivity index (χ1) is 8.57. The van der Waals surface area contributed by atoms with E-state index in [1.165, 1.54) is 25.7 Å². The van der Waals surface area contributed by atoms with E-state index in [9.17, 15) is 5.11 Å². The lowest BCUT2D eigenvalue weighted by Crippen LogP contribution is -2.11. The maximum Gasteiger partial charge on any atom is 0.0972 e. The molecule has 0 aliphatic rings. The van der Waals surface area contributed by atoms with Crippen molar-refractivity contribution in [2.45, 2.75) is 71.4 Å². The van der Waals surface area contributed by atoms with Crippen LogP contribution in [0.2, 0.25) is 5.02 Å². The summed E-state index contributed by atoms with van der Waals surface area (Å²) in [6.07, 6.45) is 7.89. The van der Waals surface area contributed by atoms with Crippen molar-refractivity contribution in [1.29, 1.82) is 0 Å². The summed E-state index contributed by atoms with van der Waals surface area (Å²) < 4.78 is 1.82. The van der Waals surface area contributed by atoms with Crippen LogP contribution in [0.25, 0.3) is 0 Å². The van der Waals surface area contributed by atoms with Crippen LogP contribution in [-0.4, -0.2) is 14.9 Å². The zero-order chi connectivity index (χ0) is 13.5. The van der Waals surface area contributed by atoms with Crippen LogP contribution in [0.15, 0.2) is 6.20 Å². The fourth-order valence-electron chi connectivity index (χ4n) is 2.15. The summed E-state index contributed by atoms with van der Waals surface area (Å²) in [4.78, 5) is 0. The van der Waals surface area contributed by atoms with Gasteiger partial charge in [-0.3, -0.25) is 4.68 Å². The van der Waals surface area contributed by atoms with Gasteiger partial charge in [-0.2, -0.15) is 5.10 Å². The fourth-order valence-corrected chi connectivity index (χ4v) is 2.41. The van der Waals surface area contributed by atoms with Gasteiger partial charge in [0.15, 0.2) is 0 Å². The van der Waals surface area contributed by atoms with Crippen LogP contribution in [-0.2, 0) is 0 Å². The van der Waals surface area contributed by atoms with Crippen LogP contribution in [0.1, 0.15) is 77.1 Å². The quantitative estimate of drug-likeness (QED) is 0.707. The predicted octanol–water partition coefficient (Wildman–Crippen LogP) is 4.51. The van der Waals surface area contributed by atoms with E-state index < -0.39 is 6.10 Å². The fraction of sp³-hybridized carbons (Fsp3) is 0.786. The summed E-state index contributed by atoms with van der Waals surface area (Å²) in [5.41, 5.74) is 0.766. The van der Waals surface area contributed by atoms with E-state index in [0.29, 0.717) is 5.02 Å². The highest BCUT2D eigenvalue weighted by molar-refractivity contribution is 6.31. The molecule has 3 nitrogen and oxygen atoms in total. The lowest BCUT2D eigenvalue weighted by Gasteiger charge is -2.16. The van der Waals surface area contributed by atoms with E-state index in [2.05, 4.69) is 12.0 Å². The molecule has 0 radical (unpaired) electrons. The normalized spacial score (nSPS) is 13.2. The standard InChI is InChI=1S/C14H25ClN2O/c1-4-5-6-7-8-9-13(18)14-12(15)10-16-17(14)11(2)3/h10-11,13,18H,4-9H2,1-3H3. The number of aliphatic hydroxyl groups is 1. The number of aromatic nitrogens is 2. The Balaban J connectivity index is 2.50. The highest BCUT2D eigenvalue weighted by atomic mass is 35.5. The van der Waals surface area contributed by atoms with Gasteiger partial charge in [-0.15, -0.1) is 0 Å². The molecule has 1 unspecified atom stereocenters. The Morgan fingerprint density at radius 2 is 1.94 bits per heavy atom. The molecule has 0 aliphatic carbocycles. The third-order valence-corrected chi connectivity index (χ3v) is 3.46. The first-order valence-electron chi connectivity index (χ1n) is 6.98. The minimum Gasteiger partial charge on any atom is -0.387 e. The topological polar surface area (TPSA) is 38.1 Å². The van der Waals surface area contributed by atoms with Crippen LogP contribution in [0.4, 0.5) is 0 Å². The lowest BCUT2D eigenvalue weighted by atomic mass is 10.1. The smallest absolute Gasteiger partial charge is 0.0972 e. The summed E-state index contributed by atoms with van der Waals surface area (Å²) in [5.74, 6) is 0. The minimum absolute atomic E-state index is 0.224. The molecule has 1 heterocycles. The summed E-state index contributed by atoms with van der Waals surface area (Å²) >= 11 is 6.10. The summed E-state index contributed by atoms with van der Waals surface area (Å²) in [5, 5.41) is 15.0. The second kappa shape index (κ2) is 7.80. The molecule has 0 amide bonds. The van der Waals surface area contributed by atoms with E-state index >= 15 is 0 Å². The Bertz CT molecular complexity index is 350. The Morgan fingerprint density at radius 3 is 2.56 bits per heavy atom. The largest absolute Gasteiger partial charge is 0.387 e. The molecule has 104 valence electrons. The molecule has 1 rings (SSSR count). The van der Waals surface area contributed by atoms with E-state index in [1.807, 2.05) is 18.5 Å². The van der Waals surface area contributed by atoms with Crippen LogP contribution in [0.5, 0.6) is 0 Å². The Labute approximate surface area is 115 Å². The molecule has 0 aromatic carbocycles. The summed E-state index contributed by atoms with van der Waals surface area (Å²) in [6, 6.07) is 0.224. The third-order valence-electron chi connectivity index (χ3n) is 3.17. The van der Waals surface area contributed by atoms with Crippen molar-refractivity contribution in [3.63, 3.8) is 0 Å². The van der Waals surface area contributed by atoms with Crippen molar-refractivity contribution in [1.82, 2.24) is 9.78 Å². The van der Waals surface area contributed by atoms with Gasteiger partial charge < -0.3 is 5.11 Å². The van der Waals surface area contributed by atoms with Gasteiger partial charge in [0.1, 0.15) is 0 Å². The number of hydrogen-bond donors (Lipinski definition) is 1. The van der Waals surface area contributed by atoms with Gasteiger partial charge in [0.25, 0.3) is 0 Å². The Hall–Kier alpha value is -0.540. The number of nitrogens with zero attached hydrogens (tertiary/aromatic N) is 2. The van der Waals surface area contributed by atoms with Crippen LogP contribution in [0, 0.1) is 0 Å². The first kappa shape index (κ1) is 15.5. The van der Waals surface area contributed by atoms with Crippen molar-refractivity contribution >= 4 is 11.6 Å². The van der Waals surface area contributed by atoms with Crippen molar-refractivity contribution in [2.24, 2.45) is 0 Å². The highest BCUT2D eigenvalue weighted by Gasteiger charge is 2.19. The molecular formula is C14H25ClN2O. The second-order valence-corrected chi connectivity index (χ2v) is 5.54. The van der Waals surface area contributed by atoms with E-state index in [1.54, 1.807) is 6.20 Å². The second-order valence-electron chi connectivity index (χ2n) is 5.13. The number of aliphatic hydroxyl groups excluding tert-OH is 1. The molecule has 1 N–H and O–H groups in total. The SMILES string of the molecule is CCCCCCCC(O)c1c(Cl)cnn1C(C)C. The van der Waals surface area contributed by atoms with Crippen molar-refractivity contribution in [3.8, 4) is 0 Å². The molecule has 0 bridgehead atoms. The Kier molecular flexibility index (Phi) is 6.72. The average Bonchev–Trinajstić information content (AvgIpc) is 2.71. The Morgan fingerprint density at radius 1 is 1.28 bits per heavy atom. The lowest BCUT2D eigenvalue weighted by molar-refractivity contribution is 0.150. The predicted molar refractivity (Wildman–Crippen MR) is 76.0 cm³/mol. The molecule has 0 aliphatic heterocycles. The molecule has 1 atom stereocenters. The average molecular weight is 273 g/mol. The molecule has 1 aromatic rings. The van der Waals surface area contributed by atoms with Gasteiger partial charge in [-0.05, 0) is 20.3 Å². The van der Waals surface area contributed by atoms with Gasteiger partial charge in [0, 0.05) is 6.04 Å². The molecule has 0 fully saturated rings. The van der Waals surface area contributed by atoms with Gasteiger partial charge in [0.2, 0.25) is 0 Å². The molecule has 0 saturated carbocycles. The highest BCUT2D eigenvalue weighted by Crippen LogP contribution is 2.28. The van der Waals surface area contributed by atoms with E-state index in [4.69, 9.17) is 11.6 Å². The number of hydrogen-bond acceptors (Lipinski definition) is 2. The maximum absolute atomic E-state index is 10.2. The van der Waals surface area contributed by atoms with Crippen molar-refractivity contribution < 1.29 is 5.11 Å². The van der Waals surface area contributed by atoms with Crippen LogP contribution in [0.3, 0.4) is 0 Å². The summed E-state index contributed by atoms with van der Waals surface area (Å²) in [6.45, 7) is 6.29. The first-order valence-corrected chi connectivity index (χ1v) is 7.36. The molecule has 4 heteroatoms. The number of rotatable bonds is 8. The zero-order valence-corrected chi connectivity index (χ0v) is 12.5. The van der Waals surface area contributed by atoms with Gasteiger partial charge in [-0.1, -0.05) is 50.6 Å². The minimum atomic E-state index is -0.496. The van der Waals surface area contributed by atoms with E-state index in [0.717, 1.165) is 18.5 Å². The number of unbranched alkanes of at least 4 members (excludes halogenated alkanes) is 4.